The summed E-state index contributed by atoms with van der Waals surface area (Å²) in [6.45, 7) is 6.84. The monoisotopic (exact) mass is 422 g/mol. The average molecular weight is 422 g/mol. The molecule has 1 fully saturated rings. The highest BCUT2D eigenvalue weighted by atomic mass is 19.4. The summed E-state index contributed by atoms with van der Waals surface area (Å²) in [6.07, 6.45) is -1.98. The Morgan fingerprint density at radius 2 is 1.97 bits per heavy atom. The highest BCUT2D eigenvalue weighted by Crippen LogP contribution is 2.34. The molecule has 0 N–H and O–H groups in total. The van der Waals surface area contributed by atoms with Gasteiger partial charge in [0.05, 0.1) is 30.1 Å². The Labute approximate surface area is 173 Å². The molecule has 2 aromatic rings. The fourth-order valence-electron chi connectivity index (χ4n) is 3.53. The maximum Gasteiger partial charge on any atom is 0.416 e. The molecule has 1 aromatic carbocycles. The molecule has 0 aliphatic carbocycles. The minimum atomic E-state index is -4.44. The number of likely N-dealkylation sites (N-methyl/N-ethyl adjacent to an activating group) is 1. The van der Waals surface area contributed by atoms with Crippen LogP contribution in [0.5, 0.6) is 0 Å². The van der Waals surface area contributed by atoms with Crippen molar-refractivity contribution in [2.75, 3.05) is 39.3 Å². The zero-order valence-corrected chi connectivity index (χ0v) is 17.0. The van der Waals surface area contributed by atoms with Crippen LogP contribution >= 0.6 is 0 Å². The van der Waals surface area contributed by atoms with Crippen molar-refractivity contribution in [3.05, 3.63) is 47.9 Å². The lowest BCUT2D eigenvalue weighted by Gasteiger charge is -2.33. The highest BCUT2D eigenvalue weighted by Gasteiger charge is 2.32. The van der Waals surface area contributed by atoms with Gasteiger partial charge in [0.1, 0.15) is 6.10 Å². The van der Waals surface area contributed by atoms with E-state index in [9.17, 15) is 18.0 Å². The summed E-state index contributed by atoms with van der Waals surface area (Å²) in [5, 5.41) is 0. The number of rotatable bonds is 6. The minimum absolute atomic E-state index is 0.0397. The van der Waals surface area contributed by atoms with E-state index in [4.69, 9.17) is 4.74 Å². The van der Waals surface area contributed by atoms with E-state index >= 15 is 0 Å². The number of amides is 1. The summed E-state index contributed by atoms with van der Waals surface area (Å²) in [5.41, 5.74) is 0.405. The van der Waals surface area contributed by atoms with E-state index in [0.29, 0.717) is 49.7 Å². The molecule has 0 saturated carbocycles. The molecule has 1 atom stereocenters. The Bertz CT molecular complexity index is 871. The molecule has 1 aliphatic heterocycles. The first kappa shape index (κ1) is 22.2. The van der Waals surface area contributed by atoms with Crippen LogP contribution in [-0.2, 0) is 15.7 Å². The van der Waals surface area contributed by atoms with Crippen LogP contribution in [0.4, 0.5) is 13.2 Å². The first-order valence-electron chi connectivity index (χ1n) is 9.93. The maximum atomic E-state index is 13.1. The molecule has 1 aliphatic rings. The van der Waals surface area contributed by atoms with Crippen molar-refractivity contribution in [2.24, 2.45) is 0 Å². The Hall–Kier alpha value is -2.52. The average Bonchev–Trinajstić information content (AvgIpc) is 2.74. The van der Waals surface area contributed by atoms with Crippen LogP contribution in [0.25, 0.3) is 11.3 Å². The second kappa shape index (κ2) is 9.53. The Kier molecular flexibility index (Phi) is 7.04. The van der Waals surface area contributed by atoms with Crippen molar-refractivity contribution in [1.82, 2.24) is 19.8 Å². The lowest BCUT2D eigenvalue weighted by molar-refractivity contribution is -0.137. The lowest BCUT2D eigenvalue weighted by Crippen LogP contribution is -2.45. The van der Waals surface area contributed by atoms with Gasteiger partial charge in [0.2, 0.25) is 5.91 Å². The van der Waals surface area contributed by atoms with Gasteiger partial charge in [-0.05, 0) is 26.0 Å². The molecule has 3 rings (SSSR count). The van der Waals surface area contributed by atoms with E-state index in [0.717, 1.165) is 12.1 Å². The van der Waals surface area contributed by atoms with Gasteiger partial charge in [-0.3, -0.25) is 19.7 Å². The summed E-state index contributed by atoms with van der Waals surface area (Å²) < 4.78 is 45.3. The van der Waals surface area contributed by atoms with Gasteiger partial charge in [-0.25, -0.2) is 0 Å². The third kappa shape index (κ3) is 5.14. The molecule has 1 amide bonds. The predicted molar refractivity (Wildman–Crippen MR) is 106 cm³/mol. The molecule has 1 saturated heterocycles. The molecule has 162 valence electrons. The van der Waals surface area contributed by atoms with Crippen LogP contribution in [0.3, 0.4) is 0 Å². The summed E-state index contributed by atoms with van der Waals surface area (Å²) in [5.74, 6) is 0.0397. The first-order valence-corrected chi connectivity index (χ1v) is 9.93. The van der Waals surface area contributed by atoms with E-state index in [-0.39, 0.29) is 12.5 Å². The highest BCUT2D eigenvalue weighted by molar-refractivity contribution is 5.78. The van der Waals surface area contributed by atoms with Gasteiger partial charge in [-0.2, -0.15) is 13.2 Å². The van der Waals surface area contributed by atoms with Gasteiger partial charge in [0, 0.05) is 44.1 Å². The van der Waals surface area contributed by atoms with Gasteiger partial charge in [-0.15, -0.1) is 0 Å². The fourth-order valence-corrected chi connectivity index (χ4v) is 3.53. The normalized spacial score (nSPS) is 17.7. The third-order valence-electron chi connectivity index (χ3n) is 5.12. The number of aromatic nitrogens is 2. The number of alkyl halides is 3. The number of carbonyl (C=O) groups is 1. The fraction of sp³-hybridized carbons (Fsp3) is 0.476. The third-order valence-corrected chi connectivity index (χ3v) is 5.12. The van der Waals surface area contributed by atoms with E-state index in [1.165, 1.54) is 18.5 Å². The number of morpholine rings is 1. The zero-order valence-electron chi connectivity index (χ0n) is 17.0. The topological polar surface area (TPSA) is 58.6 Å². The number of benzene rings is 1. The molecule has 0 radical (unpaired) electrons. The number of hydrogen-bond acceptors (Lipinski definition) is 5. The molecule has 0 bridgehead atoms. The van der Waals surface area contributed by atoms with Gasteiger partial charge in [0.15, 0.2) is 0 Å². The molecular weight excluding hydrogens is 397 g/mol. The maximum absolute atomic E-state index is 13.1. The largest absolute Gasteiger partial charge is 0.416 e. The minimum Gasteiger partial charge on any atom is -0.369 e. The summed E-state index contributed by atoms with van der Waals surface area (Å²) in [4.78, 5) is 24.8. The quantitative estimate of drug-likeness (QED) is 0.714. The number of hydrogen-bond donors (Lipinski definition) is 0. The van der Waals surface area contributed by atoms with Gasteiger partial charge in [-0.1, -0.05) is 12.1 Å². The second-order valence-corrected chi connectivity index (χ2v) is 7.03. The number of ether oxygens (including phenoxy) is 1. The Morgan fingerprint density at radius 3 is 2.67 bits per heavy atom. The number of halogens is 3. The van der Waals surface area contributed by atoms with Crippen molar-refractivity contribution in [1.29, 1.82) is 0 Å². The van der Waals surface area contributed by atoms with E-state index in [2.05, 4.69) is 9.97 Å². The van der Waals surface area contributed by atoms with Crippen LogP contribution in [-0.4, -0.2) is 65.0 Å². The van der Waals surface area contributed by atoms with Crippen molar-refractivity contribution in [2.45, 2.75) is 26.1 Å². The molecule has 2 heterocycles. The van der Waals surface area contributed by atoms with Crippen LogP contribution in [0.2, 0.25) is 0 Å². The standard InChI is InChI=1S/C21H25F3N4O2/c1-3-28(4-2)18(29)14-27-10-11-30-17(13-27)20-19(25-8-9-26-20)15-6-5-7-16(12-15)21(22,23)24/h5-9,12,17H,3-4,10-11,13-14H2,1-2H3/t17-/m1/s1. The van der Waals surface area contributed by atoms with Crippen molar-refractivity contribution in [3.8, 4) is 11.3 Å². The van der Waals surface area contributed by atoms with E-state index in [1.54, 1.807) is 11.0 Å². The summed E-state index contributed by atoms with van der Waals surface area (Å²) in [7, 11) is 0. The van der Waals surface area contributed by atoms with Gasteiger partial charge in [0.25, 0.3) is 0 Å². The SMILES string of the molecule is CCN(CC)C(=O)CN1CCO[C@@H](c2nccnc2-c2cccc(C(F)(F)F)c2)C1. The molecular formula is C21H25F3N4O2. The predicted octanol–water partition coefficient (Wildman–Crippen LogP) is 3.40. The molecule has 0 spiro atoms. The second-order valence-electron chi connectivity index (χ2n) is 7.03. The van der Waals surface area contributed by atoms with E-state index in [1.807, 2.05) is 18.7 Å². The van der Waals surface area contributed by atoms with Crippen molar-refractivity contribution < 1.29 is 22.7 Å². The van der Waals surface area contributed by atoms with Crippen LogP contribution in [0.1, 0.15) is 31.2 Å². The summed E-state index contributed by atoms with van der Waals surface area (Å²) >= 11 is 0. The smallest absolute Gasteiger partial charge is 0.369 e. The van der Waals surface area contributed by atoms with Crippen LogP contribution in [0, 0.1) is 0 Å². The van der Waals surface area contributed by atoms with Gasteiger partial charge >= 0.3 is 6.18 Å². The van der Waals surface area contributed by atoms with Crippen LogP contribution < -0.4 is 0 Å². The number of carbonyl (C=O) groups excluding carboxylic acids is 1. The van der Waals surface area contributed by atoms with Crippen LogP contribution in [0.15, 0.2) is 36.7 Å². The molecule has 6 nitrogen and oxygen atoms in total. The van der Waals surface area contributed by atoms with E-state index < -0.39 is 17.8 Å². The molecule has 30 heavy (non-hydrogen) atoms. The molecule has 1 aromatic heterocycles. The molecule has 9 heteroatoms. The van der Waals surface area contributed by atoms with Crippen molar-refractivity contribution >= 4 is 5.91 Å². The van der Waals surface area contributed by atoms with Gasteiger partial charge < -0.3 is 9.64 Å². The molecule has 0 unspecified atom stereocenters. The van der Waals surface area contributed by atoms with Crippen molar-refractivity contribution in [3.63, 3.8) is 0 Å². The Balaban J connectivity index is 1.83. The lowest BCUT2D eigenvalue weighted by atomic mass is 10.0. The first-order chi connectivity index (χ1) is 14.3. The Morgan fingerprint density at radius 1 is 1.23 bits per heavy atom. The number of nitrogens with zero attached hydrogens (tertiary/aromatic N) is 4. The zero-order chi connectivity index (χ0) is 21.7. The summed E-state index contributed by atoms with van der Waals surface area (Å²) in [6, 6.07) is 5.02.